The lowest BCUT2D eigenvalue weighted by molar-refractivity contribution is -0.190. The molecule has 1 N–H and O–H groups in total. The molecule has 88 valence electrons. The van der Waals surface area contributed by atoms with Crippen molar-refractivity contribution < 1.29 is 27.5 Å². The summed E-state index contributed by atoms with van der Waals surface area (Å²) in [5.74, 6) is -8.13. The summed E-state index contributed by atoms with van der Waals surface area (Å²) in [4.78, 5) is 10.2. The maximum atomic E-state index is 13.7. The zero-order valence-electron chi connectivity index (χ0n) is 8.18. The lowest BCUT2D eigenvalue weighted by Crippen LogP contribution is -2.45. The van der Waals surface area contributed by atoms with Gasteiger partial charge in [-0.05, 0) is 24.6 Å². The summed E-state index contributed by atoms with van der Waals surface area (Å²) in [7, 11) is 0. The molecule has 2 nitrogen and oxygen atoms in total. The Bertz CT molecular complexity index is 415. The second-order valence-corrected chi connectivity index (χ2v) is 3.39. The van der Waals surface area contributed by atoms with Crippen molar-refractivity contribution >= 4 is 5.97 Å². The molecule has 0 fully saturated rings. The standard InChI is InChI=1S/C10H8F4O2/c1-9(12,10(13,14)8(15)16)6-3-2-4-7(11)5-6/h2-5H,1H3,(H,15,16). The van der Waals surface area contributed by atoms with E-state index in [2.05, 4.69) is 0 Å². The van der Waals surface area contributed by atoms with Crippen molar-refractivity contribution in [2.24, 2.45) is 0 Å². The molecule has 0 saturated carbocycles. The monoisotopic (exact) mass is 236 g/mol. The Hall–Kier alpha value is -1.59. The van der Waals surface area contributed by atoms with Crippen LogP contribution in [-0.4, -0.2) is 17.0 Å². The first-order chi connectivity index (χ1) is 7.19. The van der Waals surface area contributed by atoms with Gasteiger partial charge in [0.15, 0.2) is 0 Å². The van der Waals surface area contributed by atoms with E-state index < -0.39 is 28.9 Å². The lowest BCUT2D eigenvalue weighted by atomic mass is 9.91. The summed E-state index contributed by atoms with van der Waals surface area (Å²) >= 11 is 0. The number of hydrogen-bond acceptors (Lipinski definition) is 1. The number of alkyl halides is 3. The maximum Gasteiger partial charge on any atom is 0.379 e. The van der Waals surface area contributed by atoms with E-state index in [4.69, 9.17) is 5.11 Å². The van der Waals surface area contributed by atoms with Gasteiger partial charge in [0.05, 0.1) is 0 Å². The molecule has 0 aliphatic rings. The summed E-state index contributed by atoms with van der Waals surface area (Å²) in [6.07, 6.45) is 0. The normalized spacial score (nSPS) is 15.6. The van der Waals surface area contributed by atoms with Crippen LogP contribution in [-0.2, 0) is 10.5 Å². The fraction of sp³-hybridized carbons (Fsp3) is 0.300. The van der Waals surface area contributed by atoms with Gasteiger partial charge < -0.3 is 5.11 Å². The average Bonchev–Trinajstić information content (AvgIpc) is 2.17. The molecule has 0 aliphatic carbocycles. The van der Waals surface area contributed by atoms with Gasteiger partial charge >= 0.3 is 11.9 Å². The molecule has 1 rings (SSSR count). The van der Waals surface area contributed by atoms with Crippen LogP contribution in [0.25, 0.3) is 0 Å². The van der Waals surface area contributed by atoms with Crippen molar-refractivity contribution in [1.82, 2.24) is 0 Å². The zero-order valence-corrected chi connectivity index (χ0v) is 8.18. The van der Waals surface area contributed by atoms with Crippen molar-refractivity contribution in [2.45, 2.75) is 18.5 Å². The number of carboxylic acids is 1. The van der Waals surface area contributed by atoms with Gasteiger partial charge in [-0.2, -0.15) is 8.78 Å². The fourth-order valence-corrected chi connectivity index (χ4v) is 1.16. The van der Waals surface area contributed by atoms with Crippen molar-refractivity contribution in [3.05, 3.63) is 35.6 Å². The minimum atomic E-state index is -4.62. The van der Waals surface area contributed by atoms with Crippen molar-refractivity contribution in [1.29, 1.82) is 0 Å². The highest BCUT2D eigenvalue weighted by molar-refractivity contribution is 5.77. The van der Waals surface area contributed by atoms with Gasteiger partial charge in [0, 0.05) is 0 Å². The topological polar surface area (TPSA) is 37.3 Å². The van der Waals surface area contributed by atoms with Gasteiger partial charge in [0.1, 0.15) is 5.82 Å². The predicted molar refractivity (Wildman–Crippen MR) is 47.4 cm³/mol. The van der Waals surface area contributed by atoms with Crippen LogP contribution in [0.15, 0.2) is 24.3 Å². The molecule has 0 radical (unpaired) electrons. The van der Waals surface area contributed by atoms with Crippen LogP contribution in [0.4, 0.5) is 17.6 Å². The van der Waals surface area contributed by atoms with E-state index in [0.717, 1.165) is 18.2 Å². The molecule has 16 heavy (non-hydrogen) atoms. The summed E-state index contributed by atoms with van der Waals surface area (Å²) in [6.45, 7) is 0.399. The van der Waals surface area contributed by atoms with E-state index in [-0.39, 0.29) is 0 Å². The minimum absolute atomic E-state index is 0.399. The average molecular weight is 236 g/mol. The molecule has 0 aliphatic heterocycles. The van der Waals surface area contributed by atoms with Crippen LogP contribution < -0.4 is 0 Å². The SMILES string of the molecule is CC(F)(c1cccc(F)c1)C(F)(F)C(=O)O. The van der Waals surface area contributed by atoms with Crippen LogP contribution >= 0.6 is 0 Å². The van der Waals surface area contributed by atoms with E-state index in [1.165, 1.54) is 0 Å². The Morgan fingerprint density at radius 3 is 2.31 bits per heavy atom. The Kier molecular flexibility index (Phi) is 2.94. The van der Waals surface area contributed by atoms with E-state index >= 15 is 0 Å². The highest BCUT2D eigenvalue weighted by Gasteiger charge is 2.58. The summed E-state index contributed by atoms with van der Waals surface area (Å²) in [6, 6.07) is 3.41. The van der Waals surface area contributed by atoms with E-state index in [9.17, 15) is 22.4 Å². The minimum Gasteiger partial charge on any atom is -0.477 e. The van der Waals surface area contributed by atoms with Gasteiger partial charge in [0.2, 0.25) is 5.67 Å². The smallest absolute Gasteiger partial charge is 0.379 e. The predicted octanol–water partition coefficient (Wildman–Crippen LogP) is 2.73. The Morgan fingerprint density at radius 1 is 1.31 bits per heavy atom. The van der Waals surface area contributed by atoms with Gasteiger partial charge in [0.25, 0.3) is 0 Å². The molecule has 1 aromatic rings. The Balaban J connectivity index is 3.26. The van der Waals surface area contributed by atoms with E-state index in [0.29, 0.717) is 13.0 Å². The van der Waals surface area contributed by atoms with Gasteiger partial charge in [-0.3, -0.25) is 0 Å². The summed E-state index contributed by atoms with van der Waals surface area (Å²) in [5.41, 5.74) is -4.19. The molecule has 0 spiro atoms. The van der Waals surface area contributed by atoms with E-state index in [1.807, 2.05) is 0 Å². The number of rotatable bonds is 3. The Labute approximate surface area is 88.5 Å². The number of aliphatic carboxylic acids is 1. The molecule has 1 atom stereocenters. The number of carboxylic acid groups (broad SMARTS) is 1. The number of hydrogen-bond donors (Lipinski definition) is 1. The van der Waals surface area contributed by atoms with Gasteiger partial charge in [-0.25, -0.2) is 13.6 Å². The quantitative estimate of drug-likeness (QED) is 0.819. The van der Waals surface area contributed by atoms with Crippen LogP contribution in [0.2, 0.25) is 0 Å². The van der Waals surface area contributed by atoms with E-state index in [1.54, 1.807) is 0 Å². The number of carbonyl (C=O) groups is 1. The molecule has 0 bridgehead atoms. The molecule has 1 unspecified atom stereocenters. The zero-order chi connectivity index (χ0) is 12.6. The van der Waals surface area contributed by atoms with Crippen LogP contribution in [0, 0.1) is 5.82 Å². The molecule has 0 amide bonds. The molecule has 0 heterocycles. The molecular weight excluding hydrogens is 228 g/mol. The van der Waals surface area contributed by atoms with Gasteiger partial charge in [-0.1, -0.05) is 12.1 Å². The Morgan fingerprint density at radius 2 is 1.88 bits per heavy atom. The summed E-state index contributed by atoms with van der Waals surface area (Å²) in [5, 5.41) is 8.22. The molecule has 1 aromatic carbocycles. The third kappa shape index (κ3) is 1.87. The third-order valence-electron chi connectivity index (χ3n) is 2.22. The van der Waals surface area contributed by atoms with Crippen LogP contribution in [0.3, 0.4) is 0 Å². The second kappa shape index (κ2) is 3.77. The van der Waals surface area contributed by atoms with Gasteiger partial charge in [-0.15, -0.1) is 0 Å². The highest BCUT2D eigenvalue weighted by atomic mass is 19.3. The summed E-state index contributed by atoms with van der Waals surface area (Å²) < 4.78 is 52.6. The van der Waals surface area contributed by atoms with Crippen molar-refractivity contribution in [2.75, 3.05) is 0 Å². The molecule has 0 saturated heterocycles. The number of halogens is 4. The number of benzene rings is 1. The fourth-order valence-electron chi connectivity index (χ4n) is 1.16. The second-order valence-electron chi connectivity index (χ2n) is 3.39. The first kappa shape index (κ1) is 12.5. The van der Waals surface area contributed by atoms with Crippen LogP contribution in [0.5, 0.6) is 0 Å². The molecule has 6 heteroatoms. The first-order valence-electron chi connectivity index (χ1n) is 4.26. The maximum absolute atomic E-state index is 13.7. The van der Waals surface area contributed by atoms with Crippen LogP contribution in [0.1, 0.15) is 12.5 Å². The first-order valence-corrected chi connectivity index (χ1v) is 4.26. The van der Waals surface area contributed by atoms with Crippen molar-refractivity contribution in [3.63, 3.8) is 0 Å². The largest absolute Gasteiger partial charge is 0.477 e. The third-order valence-corrected chi connectivity index (χ3v) is 2.22. The molecular formula is C10H8F4O2. The lowest BCUT2D eigenvalue weighted by Gasteiger charge is -2.27. The highest BCUT2D eigenvalue weighted by Crippen LogP contribution is 2.41. The van der Waals surface area contributed by atoms with Crippen molar-refractivity contribution in [3.8, 4) is 0 Å². The molecule has 0 aromatic heterocycles.